The van der Waals surface area contributed by atoms with Gasteiger partial charge in [-0.15, -0.1) is 5.92 Å². The third-order valence-corrected chi connectivity index (χ3v) is 2.30. The van der Waals surface area contributed by atoms with Crippen molar-refractivity contribution < 1.29 is 0 Å². The van der Waals surface area contributed by atoms with Crippen molar-refractivity contribution in [3.63, 3.8) is 0 Å². The summed E-state index contributed by atoms with van der Waals surface area (Å²) in [7, 11) is 0. The molecule has 0 saturated carbocycles. The van der Waals surface area contributed by atoms with Crippen molar-refractivity contribution in [1.82, 2.24) is 0 Å². The first-order chi connectivity index (χ1) is 6.92. The van der Waals surface area contributed by atoms with E-state index in [4.69, 9.17) is 0 Å². The van der Waals surface area contributed by atoms with Crippen LogP contribution in [0, 0.1) is 11.8 Å². The zero-order valence-electron chi connectivity index (χ0n) is 8.25. The van der Waals surface area contributed by atoms with E-state index in [1.807, 2.05) is 6.92 Å². The highest BCUT2D eigenvalue weighted by Gasteiger charge is 1.95. The van der Waals surface area contributed by atoms with E-state index in [0.29, 0.717) is 0 Å². The fraction of sp³-hybridized carbons (Fsp3) is 0.143. The molecule has 0 radical (unpaired) electrons. The topological polar surface area (TPSA) is 0 Å². The minimum absolute atomic E-state index is 0.939. The van der Waals surface area contributed by atoms with Crippen LogP contribution in [0.2, 0.25) is 0 Å². The van der Waals surface area contributed by atoms with Crippen molar-refractivity contribution in [3.05, 3.63) is 46.9 Å². The maximum atomic E-state index is 3.18. The van der Waals surface area contributed by atoms with Gasteiger partial charge in [-0.3, -0.25) is 0 Å². The molecule has 0 fully saturated rings. The molecule has 0 spiro atoms. The number of hydrogen-bond donors (Lipinski definition) is 0. The zero-order valence-corrected chi connectivity index (χ0v) is 8.25. The van der Waals surface area contributed by atoms with Crippen molar-refractivity contribution in [3.8, 4) is 11.8 Å². The second kappa shape index (κ2) is 3.98. The molecule has 0 amide bonds. The summed E-state index contributed by atoms with van der Waals surface area (Å²) in [5.41, 5.74) is 1.22. The molecule has 1 aliphatic rings. The molecule has 1 aliphatic carbocycles. The SMILES string of the molecule is CC#CC1=c2ccccc2=CC=CC1. The van der Waals surface area contributed by atoms with Crippen LogP contribution < -0.4 is 10.4 Å². The number of allylic oxidation sites excluding steroid dienone is 2. The number of benzene rings is 1. The summed E-state index contributed by atoms with van der Waals surface area (Å²) in [6.07, 6.45) is 7.33. The molecule has 2 rings (SSSR count). The van der Waals surface area contributed by atoms with Crippen LogP contribution in [0.4, 0.5) is 0 Å². The Morgan fingerprint density at radius 1 is 1.21 bits per heavy atom. The molecule has 0 unspecified atom stereocenters. The Hall–Kier alpha value is -1.74. The molecular formula is C14H12. The fourth-order valence-electron chi connectivity index (χ4n) is 1.65. The van der Waals surface area contributed by atoms with Crippen LogP contribution in [0.5, 0.6) is 0 Å². The van der Waals surface area contributed by atoms with Crippen molar-refractivity contribution in [2.45, 2.75) is 13.3 Å². The summed E-state index contributed by atoms with van der Waals surface area (Å²) in [4.78, 5) is 0. The van der Waals surface area contributed by atoms with Crippen molar-refractivity contribution in [2.75, 3.05) is 0 Å². The van der Waals surface area contributed by atoms with Gasteiger partial charge < -0.3 is 0 Å². The molecular weight excluding hydrogens is 168 g/mol. The number of hydrogen-bond acceptors (Lipinski definition) is 0. The average Bonchev–Trinajstić information content (AvgIpc) is 2.42. The lowest BCUT2D eigenvalue weighted by Gasteiger charge is -1.94. The van der Waals surface area contributed by atoms with E-state index in [-0.39, 0.29) is 0 Å². The molecule has 1 aromatic carbocycles. The highest BCUT2D eigenvalue weighted by molar-refractivity contribution is 5.66. The first kappa shape index (κ1) is 8.84. The lowest BCUT2D eigenvalue weighted by molar-refractivity contribution is 1.40. The third-order valence-electron chi connectivity index (χ3n) is 2.30. The van der Waals surface area contributed by atoms with Gasteiger partial charge in [0.1, 0.15) is 0 Å². The highest BCUT2D eigenvalue weighted by Crippen LogP contribution is 2.01. The predicted octanol–water partition coefficient (Wildman–Crippen LogP) is 1.60. The Balaban J connectivity index is 2.83. The summed E-state index contributed by atoms with van der Waals surface area (Å²) >= 11 is 0. The zero-order chi connectivity index (χ0) is 9.80. The lowest BCUT2D eigenvalue weighted by atomic mass is 10.1. The van der Waals surface area contributed by atoms with Crippen LogP contribution in [0.25, 0.3) is 11.6 Å². The van der Waals surface area contributed by atoms with Gasteiger partial charge in [0.2, 0.25) is 0 Å². The van der Waals surface area contributed by atoms with Gasteiger partial charge in [0.05, 0.1) is 0 Å². The highest BCUT2D eigenvalue weighted by atomic mass is 14.0. The van der Waals surface area contributed by atoms with Crippen LogP contribution in [0.15, 0.2) is 36.4 Å². The van der Waals surface area contributed by atoms with Crippen LogP contribution in [-0.2, 0) is 0 Å². The number of fused-ring (bicyclic) bond motifs is 1. The molecule has 0 bridgehead atoms. The molecule has 0 N–H and O–H groups in total. The molecule has 68 valence electrons. The standard InChI is InChI=1S/C14H12/c1-2-7-12-8-3-4-9-13-10-5-6-11-14(12)13/h3-6,9-11H,8H2,1H3. The molecule has 0 nitrogen and oxygen atoms in total. The molecule has 0 saturated heterocycles. The van der Waals surface area contributed by atoms with Gasteiger partial charge in [-0.1, -0.05) is 48.4 Å². The maximum Gasteiger partial charge on any atom is 0.0136 e. The average molecular weight is 180 g/mol. The van der Waals surface area contributed by atoms with Gasteiger partial charge in [0.25, 0.3) is 0 Å². The van der Waals surface area contributed by atoms with Crippen molar-refractivity contribution in [2.24, 2.45) is 0 Å². The Morgan fingerprint density at radius 3 is 2.93 bits per heavy atom. The molecule has 0 atom stereocenters. The minimum Gasteiger partial charge on any atom is -0.102 e. The summed E-state index contributed by atoms with van der Waals surface area (Å²) in [6.45, 7) is 1.88. The van der Waals surface area contributed by atoms with E-state index in [0.717, 1.165) is 6.42 Å². The maximum absolute atomic E-state index is 3.18. The Morgan fingerprint density at radius 2 is 2.07 bits per heavy atom. The van der Waals surface area contributed by atoms with Gasteiger partial charge in [-0.2, -0.15) is 0 Å². The molecule has 0 heteroatoms. The molecule has 0 heterocycles. The van der Waals surface area contributed by atoms with Gasteiger partial charge in [-0.05, 0) is 23.8 Å². The Bertz CT molecular complexity index is 533. The minimum atomic E-state index is 0.939. The first-order valence-corrected chi connectivity index (χ1v) is 4.79. The normalized spacial score (nSPS) is 13.4. The number of rotatable bonds is 0. The van der Waals surface area contributed by atoms with Gasteiger partial charge in [-0.25, -0.2) is 0 Å². The largest absolute Gasteiger partial charge is 0.102 e. The molecule has 0 aromatic heterocycles. The second-order valence-electron chi connectivity index (χ2n) is 3.24. The van der Waals surface area contributed by atoms with E-state index < -0.39 is 0 Å². The lowest BCUT2D eigenvalue weighted by Crippen LogP contribution is -2.25. The van der Waals surface area contributed by atoms with Crippen LogP contribution >= 0.6 is 0 Å². The van der Waals surface area contributed by atoms with E-state index in [9.17, 15) is 0 Å². The second-order valence-corrected chi connectivity index (χ2v) is 3.24. The van der Waals surface area contributed by atoms with Gasteiger partial charge in [0, 0.05) is 5.57 Å². The first-order valence-electron chi connectivity index (χ1n) is 4.79. The summed E-state index contributed by atoms with van der Waals surface area (Å²) in [6, 6.07) is 8.39. The van der Waals surface area contributed by atoms with E-state index in [1.165, 1.54) is 16.0 Å². The monoisotopic (exact) mass is 180 g/mol. The van der Waals surface area contributed by atoms with Crippen molar-refractivity contribution in [1.29, 1.82) is 0 Å². The molecule has 14 heavy (non-hydrogen) atoms. The Kier molecular flexibility index (Phi) is 2.51. The van der Waals surface area contributed by atoms with E-state index in [1.54, 1.807) is 0 Å². The summed E-state index contributed by atoms with van der Waals surface area (Å²) in [5, 5.41) is 2.53. The van der Waals surface area contributed by atoms with Gasteiger partial charge >= 0.3 is 0 Å². The van der Waals surface area contributed by atoms with Gasteiger partial charge in [0.15, 0.2) is 0 Å². The van der Waals surface area contributed by atoms with Crippen molar-refractivity contribution >= 4 is 11.6 Å². The van der Waals surface area contributed by atoms with E-state index in [2.05, 4.69) is 54.3 Å². The Labute approximate surface area is 84.3 Å². The fourth-order valence-corrected chi connectivity index (χ4v) is 1.65. The van der Waals surface area contributed by atoms with E-state index >= 15 is 0 Å². The van der Waals surface area contributed by atoms with Crippen LogP contribution in [-0.4, -0.2) is 0 Å². The smallest absolute Gasteiger partial charge is 0.0136 e. The third kappa shape index (κ3) is 1.63. The quantitative estimate of drug-likeness (QED) is 0.532. The molecule has 1 aromatic rings. The predicted molar refractivity (Wildman–Crippen MR) is 60.8 cm³/mol. The summed E-state index contributed by atoms with van der Waals surface area (Å²) in [5.74, 6) is 6.15. The molecule has 0 aliphatic heterocycles. The van der Waals surface area contributed by atoms with Crippen LogP contribution in [0.1, 0.15) is 13.3 Å². The van der Waals surface area contributed by atoms with Crippen LogP contribution in [0.3, 0.4) is 0 Å². The summed E-state index contributed by atoms with van der Waals surface area (Å²) < 4.78 is 0.